The van der Waals surface area contributed by atoms with Crippen molar-refractivity contribution in [3.05, 3.63) is 35.9 Å². The van der Waals surface area contributed by atoms with E-state index >= 15 is 0 Å². The molecule has 3 rings (SSSR count). The third kappa shape index (κ3) is 6.73. The molecular formula is C24H38N4O2. The lowest BCUT2D eigenvalue weighted by atomic mass is 9.86. The van der Waals surface area contributed by atoms with Gasteiger partial charge in [0.1, 0.15) is 6.54 Å². The monoisotopic (exact) mass is 414 g/mol. The molecule has 1 heterocycles. The topological polar surface area (TPSA) is 57.2 Å². The van der Waals surface area contributed by atoms with Gasteiger partial charge in [-0.1, -0.05) is 50.1 Å². The van der Waals surface area contributed by atoms with Gasteiger partial charge >= 0.3 is 0 Å². The number of benzene rings is 1. The first-order chi connectivity index (χ1) is 14.5. The Morgan fingerprint density at radius 1 is 1.20 bits per heavy atom. The lowest BCUT2D eigenvalue weighted by Gasteiger charge is -2.33. The number of amides is 1. The molecule has 30 heavy (non-hydrogen) atoms. The lowest BCUT2D eigenvalue weighted by Crippen LogP contribution is -2.48. The maximum atomic E-state index is 12.1. The number of rotatable bonds is 7. The molecule has 0 spiro atoms. The Kier molecular flexibility index (Phi) is 8.55. The number of guanidine groups is 1. The van der Waals surface area contributed by atoms with Crippen LogP contribution in [0.25, 0.3) is 0 Å². The predicted molar refractivity (Wildman–Crippen MR) is 121 cm³/mol. The predicted octanol–water partition coefficient (Wildman–Crippen LogP) is 3.14. The van der Waals surface area contributed by atoms with Crippen molar-refractivity contribution < 1.29 is 9.53 Å². The first-order valence-electron chi connectivity index (χ1n) is 11.4. The van der Waals surface area contributed by atoms with E-state index in [1.165, 1.54) is 31.2 Å². The number of hydrogen-bond acceptors (Lipinski definition) is 3. The van der Waals surface area contributed by atoms with E-state index in [4.69, 9.17) is 9.73 Å². The Morgan fingerprint density at radius 3 is 2.70 bits per heavy atom. The van der Waals surface area contributed by atoms with Crippen LogP contribution in [0.15, 0.2) is 35.3 Å². The van der Waals surface area contributed by atoms with E-state index in [2.05, 4.69) is 29.3 Å². The van der Waals surface area contributed by atoms with Crippen LogP contribution < -0.4 is 5.32 Å². The molecule has 1 N–H and O–H groups in total. The second-order valence-corrected chi connectivity index (χ2v) is 9.04. The molecule has 0 radical (unpaired) electrons. The summed E-state index contributed by atoms with van der Waals surface area (Å²) in [4.78, 5) is 20.8. The summed E-state index contributed by atoms with van der Waals surface area (Å²) >= 11 is 0. The standard InChI is InChI=1S/C24H38N4O2/c1-19-9-7-8-12-22(19)26-24(25-15-23(29)27(2)3)28-14-13-21(16-28)18-30-17-20-10-5-4-6-11-20/h4-6,10-11,19,21-22H,7-9,12-18H2,1-3H3,(H,25,26). The van der Waals surface area contributed by atoms with E-state index in [0.717, 1.165) is 32.1 Å². The summed E-state index contributed by atoms with van der Waals surface area (Å²) in [5, 5.41) is 3.71. The number of ether oxygens (including phenoxy) is 1. The third-order valence-electron chi connectivity index (χ3n) is 6.34. The fourth-order valence-electron chi connectivity index (χ4n) is 4.30. The van der Waals surface area contributed by atoms with Gasteiger partial charge in [0.25, 0.3) is 0 Å². The number of carbonyl (C=O) groups is 1. The highest BCUT2D eigenvalue weighted by Gasteiger charge is 2.29. The number of nitrogens with one attached hydrogen (secondary N) is 1. The van der Waals surface area contributed by atoms with Crippen LogP contribution in [0.3, 0.4) is 0 Å². The molecule has 1 saturated heterocycles. The van der Waals surface area contributed by atoms with Gasteiger partial charge in [-0.15, -0.1) is 0 Å². The average Bonchev–Trinajstić information content (AvgIpc) is 3.21. The van der Waals surface area contributed by atoms with Gasteiger partial charge in [-0.05, 0) is 30.7 Å². The molecule has 2 aliphatic rings. The van der Waals surface area contributed by atoms with Gasteiger partial charge in [0.05, 0.1) is 13.2 Å². The minimum Gasteiger partial charge on any atom is -0.376 e. The summed E-state index contributed by atoms with van der Waals surface area (Å²) in [7, 11) is 3.56. The summed E-state index contributed by atoms with van der Waals surface area (Å²) in [6.07, 6.45) is 6.12. The Balaban J connectivity index is 1.55. The minimum absolute atomic E-state index is 0.0351. The molecule has 6 heteroatoms. The molecule has 1 aromatic carbocycles. The van der Waals surface area contributed by atoms with Gasteiger partial charge in [-0.2, -0.15) is 0 Å². The zero-order valence-electron chi connectivity index (χ0n) is 18.8. The van der Waals surface area contributed by atoms with Crippen molar-refractivity contribution in [1.82, 2.24) is 15.1 Å². The summed E-state index contributed by atoms with van der Waals surface area (Å²) in [6.45, 7) is 5.83. The van der Waals surface area contributed by atoms with Crippen molar-refractivity contribution in [2.75, 3.05) is 40.3 Å². The van der Waals surface area contributed by atoms with E-state index in [0.29, 0.717) is 24.5 Å². The second kappa shape index (κ2) is 11.3. The van der Waals surface area contributed by atoms with Gasteiger partial charge in [0.15, 0.2) is 5.96 Å². The highest BCUT2D eigenvalue weighted by atomic mass is 16.5. The Hall–Kier alpha value is -2.08. The summed E-state index contributed by atoms with van der Waals surface area (Å²) in [5.74, 6) is 2.07. The molecule has 6 nitrogen and oxygen atoms in total. The van der Waals surface area contributed by atoms with Crippen molar-refractivity contribution in [3.63, 3.8) is 0 Å². The SMILES string of the molecule is CC1CCCCC1NC(=NCC(=O)N(C)C)N1CCC(COCc2ccccc2)C1. The molecule has 0 aromatic heterocycles. The molecule has 3 unspecified atom stereocenters. The number of hydrogen-bond donors (Lipinski definition) is 1. The Morgan fingerprint density at radius 2 is 1.97 bits per heavy atom. The maximum absolute atomic E-state index is 12.1. The number of likely N-dealkylation sites (tertiary alicyclic amines) is 1. The number of nitrogens with zero attached hydrogens (tertiary/aromatic N) is 3. The van der Waals surface area contributed by atoms with E-state index in [1.54, 1.807) is 19.0 Å². The Bertz CT molecular complexity index is 692. The highest BCUT2D eigenvalue weighted by Crippen LogP contribution is 2.25. The molecule has 3 atom stereocenters. The van der Waals surface area contributed by atoms with Crippen LogP contribution in [0.2, 0.25) is 0 Å². The number of aliphatic imine (C=N–C) groups is 1. The van der Waals surface area contributed by atoms with Crippen LogP contribution in [-0.2, 0) is 16.1 Å². The first kappa shape index (κ1) is 22.6. The number of carbonyl (C=O) groups excluding carboxylic acids is 1. The summed E-state index contributed by atoms with van der Waals surface area (Å²) in [5.41, 5.74) is 1.21. The average molecular weight is 415 g/mol. The maximum Gasteiger partial charge on any atom is 0.243 e. The zero-order chi connectivity index (χ0) is 21.3. The molecular weight excluding hydrogens is 376 g/mol. The van der Waals surface area contributed by atoms with Crippen LogP contribution in [0.4, 0.5) is 0 Å². The fourth-order valence-corrected chi connectivity index (χ4v) is 4.30. The highest BCUT2D eigenvalue weighted by molar-refractivity contribution is 5.85. The van der Waals surface area contributed by atoms with Crippen molar-refractivity contribution in [3.8, 4) is 0 Å². The molecule has 2 fully saturated rings. The quantitative estimate of drug-likeness (QED) is 0.550. The van der Waals surface area contributed by atoms with E-state index < -0.39 is 0 Å². The van der Waals surface area contributed by atoms with E-state index in [1.807, 2.05) is 18.2 Å². The van der Waals surface area contributed by atoms with Crippen LogP contribution in [0.1, 0.15) is 44.6 Å². The molecule has 1 aliphatic heterocycles. The molecule has 0 bridgehead atoms. The van der Waals surface area contributed by atoms with Crippen molar-refractivity contribution in [2.24, 2.45) is 16.8 Å². The van der Waals surface area contributed by atoms with Gasteiger partial charge in [-0.3, -0.25) is 4.79 Å². The third-order valence-corrected chi connectivity index (χ3v) is 6.34. The second-order valence-electron chi connectivity index (χ2n) is 9.04. The van der Waals surface area contributed by atoms with Gasteiger partial charge in [0.2, 0.25) is 5.91 Å². The number of likely N-dealkylation sites (N-methyl/N-ethyl adjacent to an activating group) is 1. The van der Waals surface area contributed by atoms with E-state index in [-0.39, 0.29) is 12.5 Å². The van der Waals surface area contributed by atoms with Crippen molar-refractivity contribution in [2.45, 2.75) is 51.7 Å². The summed E-state index contributed by atoms with van der Waals surface area (Å²) < 4.78 is 5.98. The van der Waals surface area contributed by atoms with Gasteiger partial charge < -0.3 is 19.9 Å². The molecule has 1 aliphatic carbocycles. The molecule has 166 valence electrons. The van der Waals surface area contributed by atoms with E-state index in [9.17, 15) is 4.79 Å². The van der Waals surface area contributed by atoms with Crippen LogP contribution in [0.5, 0.6) is 0 Å². The largest absolute Gasteiger partial charge is 0.376 e. The zero-order valence-corrected chi connectivity index (χ0v) is 18.8. The van der Waals surface area contributed by atoms with Crippen LogP contribution in [-0.4, -0.2) is 68.0 Å². The first-order valence-corrected chi connectivity index (χ1v) is 11.4. The van der Waals surface area contributed by atoms with Gasteiger partial charge in [0, 0.05) is 39.1 Å². The molecule has 1 amide bonds. The van der Waals surface area contributed by atoms with Crippen molar-refractivity contribution >= 4 is 11.9 Å². The Labute approximate surface area is 181 Å². The fraction of sp³-hybridized carbons (Fsp3) is 0.667. The minimum atomic E-state index is 0.0351. The summed E-state index contributed by atoms with van der Waals surface area (Å²) in [6, 6.07) is 10.8. The molecule has 1 aromatic rings. The van der Waals surface area contributed by atoms with Crippen molar-refractivity contribution in [1.29, 1.82) is 0 Å². The normalized spacial score (nSPS) is 24.7. The van der Waals surface area contributed by atoms with Crippen LogP contribution in [0, 0.1) is 11.8 Å². The molecule has 1 saturated carbocycles. The smallest absolute Gasteiger partial charge is 0.243 e. The van der Waals surface area contributed by atoms with Gasteiger partial charge in [-0.25, -0.2) is 4.99 Å². The lowest BCUT2D eigenvalue weighted by molar-refractivity contribution is -0.127. The van der Waals surface area contributed by atoms with Crippen LogP contribution >= 0.6 is 0 Å².